The van der Waals surface area contributed by atoms with Crippen molar-refractivity contribution in [2.24, 2.45) is 0 Å². The summed E-state index contributed by atoms with van der Waals surface area (Å²) in [5, 5.41) is 0. The van der Waals surface area contributed by atoms with Crippen LogP contribution in [0.4, 0.5) is 0 Å². The molecule has 0 atom stereocenters. The van der Waals surface area contributed by atoms with Gasteiger partial charge in [-0.3, -0.25) is 9.59 Å². The van der Waals surface area contributed by atoms with Crippen molar-refractivity contribution in [2.75, 3.05) is 18.8 Å². The average molecular weight is 205 g/mol. The van der Waals surface area contributed by atoms with Crippen LogP contribution in [0.5, 0.6) is 0 Å². The van der Waals surface area contributed by atoms with Gasteiger partial charge in [0.2, 0.25) is 15.8 Å². The highest BCUT2D eigenvalue weighted by Gasteiger charge is 2.30. The summed E-state index contributed by atoms with van der Waals surface area (Å²) in [4.78, 5) is 21.5. The number of hydrogen-bond donors (Lipinski definition) is 0. The van der Waals surface area contributed by atoms with Gasteiger partial charge in [-0.2, -0.15) is 4.31 Å². The van der Waals surface area contributed by atoms with Crippen molar-refractivity contribution in [2.45, 2.75) is 13.3 Å². The Labute approximate surface area is 76.8 Å². The van der Waals surface area contributed by atoms with Crippen LogP contribution < -0.4 is 0 Å². The lowest BCUT2D eigenvalue weighted by molar-refractivity contribution is -0.135. The highest BCUT2D eigenvalue weighted by Crippen LogP contribution is 2.12. The minimum Gasteiger partial charge on any atom is -0.291 e. The van der Waals surface area contributed by atoms with Crippen LogP contribution in [0.2, 0.25) is 0 Å². The van der Waals surface area contributed by atoms with Gasteiger partial charge in [0.05, 0.1) is 12.3 Å². The number of ketones is 2. The van der Waals surface area contributed by atoms with E-state index in [0.29, 0.717) is 13.0 Å². The number of carbonyl (C=O) groups excluding carboxylic acids is 2. The van der Waals surface area contributed by atoms with E-state index in [1.807, 2.05) is 0 Å². The largest absolute Gasteiger partial charge is 0.291 e. The summed E-state index contributed by atoms with van der Waals surface area (Å²) in [6.07, 6.45) is 0.535. The molecule has 0 radical (unpaired) electrons. The average Bonchev–Trinajstić information content (AvgIpc) is 2.30. The normalized spacial score (nSPS) is 21.6. The third-order valence-electron chi connectivity index (χ3n) is 1.92. The number of carbonyl (C=O) groups is 2. The first-order valence-electron chi connectivity index (χ1n) is 3.95. The monoisotopic (exact) mass is 205 g/mol. The second kappa shape index (κ2) is 3.55. The van der Waals surface area contributed by atoms with E-state index in [-0.39, 0.29) is 12.3 Å². The molecule has 0 bridgehead atoms. The van der Waals surface area contributed by atoms with E-state index in [0.717, 1.165) is 11.2 Å². The summed E-state index contributed by atoms with van der Waals surface area (Å²) in [6.45, 7) is 1.20. The molecule has 0 aromatic carbocycles. The number of nitrogens with zero attached hydrogens (tertiary/aromatic N) is 1. The van der Waals surface area contributed by atoms with Gasteiger partial charge >= 0.3 is 0 Å². The molecule has 1 aliphatic heterocycles. The number of rotatable bonds is 3. The zero-order chi connectivity index (χ0) is 10.1. The standard InChI is InChI=1S/C7H11NO4S/c1-6(9)7(10)5-8-3-2-4-13(8,11)12/h2-5H2,1H3. The van der Waals surface area contributed by atoms with Crippen molar-refractivity contribution in [1.29, 1.82) is 0 Å². The number of sulfonamides is 1. The Balaban J connectivity index is 2.65. The van der Waals surface area contributed by atoms with Crippen LogP contribution >= 0.6 is 0 Å². The molecule has 0 amide bonds. The molecule has 0 aliphatic carbocycles. The van der Waals surface area contributed by atoms with E-state index >= 15 is 0 Å². The van der Waals surface area contributed by atoms with Crippen molar-refractivity contribution in [1.82, 2.24) is 4.31 Å². The molecule has 0 aromatic rings. The SMILES string of the molecule is CC(=O)C(=O)CN1CCCS1(=O)=O. The Hall–Kier alpha value is -0.750. The molecule has 1 heterocycles. The fraction of sp³-hybridized carbons (Fsp3) is 0.714. The highest BCUT2D eigenvalue weighted by molar-refractivity contribution is 7.89. The van der Waals surface area contributed by atoms with Gasteiger partial charge in [0.1, 0.15) is 0 Å². The minimum atomic E-state index is -3.26. The van der Waals surface area contributed by atoms with Gasteiger partial charge in [-0.15, -0.1) is 0 Å². The van der Waals surface area contributed by atoms with Gasteiger partial charge < -0.3 is 0 Å². The molecule has 0 saturated carbocycles. The Morgan fingerprint density at radius 1 is 1.38 bits per heavy atom. The number of hydrogen-bond acceptors (Lipinski definition) is 4. The zero-order valence-corrected chi connectivity index (χ0v) is 8.13. The topological polar surface area (TPSA) is 71.5 Å². The molecule has 0 unspecified atom stereocenters. The van der Waals surface area contributed by atoms with Crippen LogP contribution in [0.3, 0.4) is 0 Å². The van der Waals surface area contributed by atoms with Crippen molar-refractivity contribution in [3.05, 3.63) is 0 Å². The van der Waals surface area contributed by atoms with Crippen molar-refractivity contribution < 1.29 is 18.0 Å². The van der Waals surface area contributed by atoms with Gasteiger partial charge in [-0.05, 0) is 6.42 Å². The minimum absolute atomic E-state index is 0.0815. The molecule has 1 saturated heterocycles. The third kappa shape index (κ3) is 2.35. The van der Waals surface area contributed by atoms with E-state index in [2.05, 4.69) is 0 Å². The maximum Gasteiger partial charge on any atom is 0.214 e. The Morgan fingerprint density at radius 3 is 2.38 bits per heavy atom. The summed E-state index contributed by atoms with van der Waals surface area (Å²) in [6, 6.07) is 0. The molecular formula is C7H11NO4S. The molecule has 1 rings (SSSR count). The zero-order valence-electron chi connectivity index (χ0n) is 7.32. The predicted molar refractivity (Wildman–Crippen MR) is 45.7 cm³/mol. The van der Waals surface area contributed by atoms with Crippen molar-refractivity contribution >= 4 is 21.6 Å². The second-order valence-corrected chi connectivity index (χ2v) is 5.07. The molecule has 1 aliphatic rings. The van der Waals surface area contributed by atoms with Crippen molar-refractivity contribution in [3.8, 4) is 0 Å². The quantitative estimate of drug-likeness (QED) is 0.564. The maximum atomic E-state index is 11.2. The van der Waals surface area contributed by atoms with Crippen LogP contribution in [0.25, 0.3) is 0 Å². The lowest BCUT2D eigenvalue weighted by atomic mass is 10.3. The first-order chi connectivity index (χ1) is 5.93. The maximum absolute atomic E-state index is 11.2. The first-order valence-corrected chi connectivity index (χ1v) is 5.56. The van der Waals surface area contributed by atoms with Crippen LogP contribution in [-0.2, 0) is 19.6 Å². The summed E-state index contributed by atoms with van der Waals surface area (Å²) >= 11 is 0. The first kappa shape index (κ1) is 10.3. The fourth-order valence-electron chi connectivity index (χ4n) is 1.14. The lowest BCUT2D eigenvalue weighted by Gasteiger charge is -2.11. The number of Topliss-reactive ketones (excluding diaryl/α,β-unsaturated/α-hetero) is 2. The highest BCUT2D eigenvalue weighted by atomic mass is 32.2. The Kier molecular flexibility index (Phi) is 2.82. The Bertz CT molecular complexity index is 332. The van der Waals surface area contributed by atoms with Crippen LogP contribution in [-0.4, -0.2) is 43.1 Å². The third-order valence-corrected chi connectivity index (χ3v) is 3.82. The summed E-state index contributed by atoms with van der Waals surface area (Å²) < 4.78 is 23.4. The van der Waals surface area contributed by atoms with E-state index < -0.39 is 21.6 Å². The van der Waals surface area contributed by atoms with Gasteiger partial charge in [0.15, 0.2) is 5.78 Å². The van der Waals surface area contributed by atoms with E-state index in [9.17, 15) is 18.0 Å². The molecule has 0 aromatic heterocycles. The van der Waals surface area contributed by atoms with Gasteiger partial charge in [0, 0.05) is 13.5 Å². The van der Waals surface area contributed by atoms with Crippen LogP contribution in [0.15, 0.2) is 0 Å². The second-order valence-electron chi connectivity index (χ2n) is 2.98. The van der Waals surface area contributed by atoms with Gasteiger partial charge in [-0.1, -0.05) is 0 Å². The molecule has 74 valence electrons. The van der Waals surface area contributed by atoms with Crippen LogP contribution in [0, 0.1) is 0 Å². The Morgan fingerprint density at radius 2 is 2.00 bits per heavy atom. The van der Waals surface area contributed by atoms with Gasteiger partial charge in [-0.25, -0.2) is 8.42 Å². The molecule has 0 spiro atoms. The van der Waals surface area contributed by atoms with Crippen molar-refractivity contribution in [3.63, 3.8) is 0 Å². The molecule has 0 N–H and O–H groups in total. The predicted octanol–water partition coefficient (Wildman–Crippen LogP) is -0.820. The molecule has 5 nitrogen and oxygen atoms in total. The molecular weight excluding hydrogens is 194 g/mol. The molecule has 13 heavy (non-hydrogen) atoms. The summed E-state index contributed by atoms with van der Waals surface area (Å²) in [7, 11) is -3.26. The molecule has 6 heteroatoms. The van der Waals surface area contributed by atoms with Crippen LogP contribution in [0.1, 0.15) is 13.3 Å². The lowest BCUT2D eigenvalue weighted by Crippen LogP contribution is -2.33. The fourth-order valence-corrected chi connectivity index (χ4v) is 2.61. The van der Waals surface area contributed by atoms with E-state index in [4.69, 9.17) is 0 Å². The summed E-state index contributed by atoms with van der Waals surface area (Å²) in [5.74, 6) is -1.16. The van der Waals surface area contributed by atoms with E-state index in [1.165, 1.54) is 0 Å². The van der Waals surface area contributed by atoms with E-state index in [1.54, 1.807) is 0 Å². The van der Waals surface area contributed by atoms with Gasteiger partial charge in [0.25, 0.3) is 0 Å². The molecule has 1 fully saturated rings. The smallest absolute Gasteiger partial charge is 0.214 e. The summed E-state index contributed by atoms with van der Waals surface area (Å²) in [5.41, 5.74) is 0.